The molecule has 4 heteroatoms. The molecule has 0 spiro atoms. The van der Waals surface area contributed by atoms with Gasteiger partial charge in [0.25, 0.3) is 0 Å². The maximum Gasteiger partial charge on any atom is 0.161 e. The van der Waals surface area contributed by atoms with Crippen molar-refractivity contribution in [2.75, 3.05) is 5.73 Å². The molecule has 2 rings (SSSR count). The molecule has 2 aromatic rings. The van der Waals surface area contributed by atoms with Crippen LogP contribution in [0.2, 0.25) is 5.02 Å². The third kappa shape index (κ3) is 2.88. The van der Waals surface area contributed by atoms with E-state index >= 15 is 0 Å². The maximum atomic E-state index is 12.9. The van der Waals surface area contributed by atoms with E-state index in [2.05, 4.69) is 0 Å². The standard InChI is InChI=1S/C13H11ClFNO/c14-11-5-2-6-12(16)13(11)17-8-9-3-1-4-10(15)7-9/h1-7H,8,16H2. The first kappa shape index (κ1) is 11.7. The zero-order valence-electron chi connectivity index (χ0n) is 8.99. The summed E-state index contributed by atoms with van der Waals surface area (Å²) in [5, 5.41) is 0.446. The normalized spacial score (nSPS) is 10.2. The van der Waals surface area contributed by atoms with E-state index in [0.717, 1.165) is 5.56 Å². The van der Waals surface area contributed by atoms with E-state index in [1.807, 2.05) is 0 Å². The van der Waals surface area contributed by atoms with Crippen LogP contribution >= 0.6 is 11.6 Å². The lowest BCUT2D eigenvalue weighted by atomic mass is 10.2. The Morgan fingerprint density at radius 3 is 2.65 bits per heavy atom. The van der Waals surface area contributed by atoms with Gasteiger partial charge >= 0.3 is 0 Å². The molecule has 0 amide bonds. The number of benzene rings is 2. The molecule has 0 heterocycles. The van der Waals surface area contributed by atoms with Gasteiger partial charge in [-0.15, -0.1) is 0 Å². The number of hydrogen-bond acceptors (Lipinski definition) is 2. The van der Waals surface area contributed by atoms with Gasteiger partial charge in [-0.2, -0.15) is 0 Å². The van der Waals surface area contributed by atoms with Gasteiger partial charge in [0.05, 0.1) is 10.7 Å². The van der Waals surface area contributed by atoms with Crippen LogP contribution in [0.3, 0.4) is 0 Å². The van der Waals surface area contributed by atoms with E-state index in [1.165, 1.54) is 12.1 Å². The molecule has 0 unspecified atom stereocenters. The fourth-order valence-electron chi connectivity index (χ4n) is 1.46. The van der Waals surface area contributed by atoms with Gasteiger partial charge in [-0.1, -0.05) is 29.8 Å². The quantitative estimate of drug-likeness (QED) is 0.846. The Kier molecular flexibility index (Phi) is 3.49. The highest BCUT2D eigenvalue weighted by Crippen LogP contribution is 2.31. The minimum Gasteiger partial charge on any atom is -0.485 e. The van der Waals surface area contributed by atoms with Crippen LogP contribution in [-0.4, -0.2) is 0 Å². The van der Waals surface area contributed by atoms with E-state index in [-0.39, 0.29) is 12.4 Å². The van der Waals surface area contributed by atoms with Crippen molar-refractivity contribution < 1.29 is 9.13 Å². The van der Waals surface area contributed by atoms with Gasteiger partial charge in [0.1, 0.15) is 12.4 Å². The predicted molar refractivity (Wildman–Crippen MR) is 66.6 cm³/mol. The first-order chi connectivity index (χ1) is 8.16. The highest BCUT2D eigenvalue weighted by molar-refractivity contribution is 6.32. The highest BCUT2D eigenvalue weighted by atomic mass is 35.5. The minimum absolute atomic E-state index is 0.228. The van der Waals surface area contributed by atoms with Crippen LogP contribution in [0, 0.1) is 5.82 Å². The monoisotopic (exact) mass is 251 g/mol. The van der Waals surface area contributed by atoms with Crippen molar-refractivity contribution >= 4 is 17.3 Å². The molecular weight excluding hydrogens is 241 g/mol. The Bertz CT molecular complexity index is 510. The fraction of sp³-hybridized carbons (Fsp3) is 0.0769. The summed E-state index contributed by atoms with van der Waals surface area (Å²) in [6.07, 6.45) is 0. The van der Waals surface area contributed by atoms with Crippen LogP contribution in [0.5, 0.6) is 5.75 Å². The topological polar surface area (TPSA) is 35.2 Å². The molecule has 0 fully saturated rings. The minimum atomic E-state index is -0.293. The Balaban J connectivity index is 2.13. The van der Waals surface area contributed by atoms with Crippen molar-refractivity contribution in [3.8, 4) is 5.75 Å². The van der Waals surface area contributed by atoms with Crippen molar-refractivity contribution in [1.82, 2.24) is 0 Å². The molecule has 0 bridgehead atoms. The third-order valence-corrected chi connectivity index (χ3v) is 2.57. The lowest BCUT2D eigenvalue weighted by Crippen LogP contribution is -1.99. The summed E-state index contributed by atoms with van der Waals surface area (Å²) in [5.41, 5.74) is 6.92. The summed E-state index contributed by atoms with van der Waals surface area (Å²) in [4.78, 5) is 0. The third-order valence-electron chi connectivity index (χ3n) is 2.27. The second-order valence-electron chi connectivity index (χ2n) is 3.58. The van der Waals surface area contributed by atoms with Crippen molar-refractivity contribution in [3.63, 3.8) is 0 Å². The molecule has 0 radical (unpaired) electrons. The summed E-state index contributed by atoms with van der Waals surface area (Å²) in [6.45, 7) is 0.228. The number of rotatable bonds is 3. The summed E-state index contributed by atoms with van der Waals surface area (Å²) >= 11 is 5.95. The Morgan fingerprint density at radius 1 is 1.18 bits per heavy atom. The molecule has 2 aromatic carbocycles. The second-order valence-corrected chi connectivity index (χ2v) is 3.98. The summed E-state index contributed by atoms with van der Waals surface area (Å²) in [7, 11) is 0. The molecule has 0 saturated heterocycles. The van der Waals surface area contributed by atoms with Crippen molar-refractivity contribution in [1.29, 1.82) is 0 Å². The Labute approximate surface area is 104 Å². The van der Waals surface area contributed by atoms with Crippen LogP contribution in [0.15, 0.2) is 42.5 Å². The van der Waals surface area contributed by atoms with Crippen LogP contribution in [0.4, 0.5) is 10.1 Å². The van der Waals surface area contributed by atoms with E-state index in [9.17, 15) is 4.39 Å². The molecule has 0 aliphatic rings. The SMILES string of the molecule is Nc1cccc(Cl)c1OCc1cccc(F)c1. The van der Waals surface area contributed by atoms with Gasteiger partial charge < -0.3 is 10.5 Å². The zero-order chi connectivity index (χ0) is 12.3. The predicted octanol–water partition coefficient (Wildman–Crippen LogP) is 3.64. The molecule has 0 saturated carbocycles. The molecule has 0 aliphatic carbocycles. The van der Waals surface area contributed by atoms with Gasteiger partial charge in [-0.3, -0.25) is 0 Å². The molecular formula is C13H11ClFNO. The summed E-state index contributed by atoms with van der Waals surface area (Å²) in [6, 6.07) is 11.3. The number of halogens is 2. The Morgan fingerprint density at radius 2 is 1.94 bits per heavy atom. The fourth-order valence-corrected chi connectivity index (χ4v) is 1.70. The van der Waals surface area contributed by atoms with Gasteiger partial charge in [0.15, 0.2) is 5.75 Å². The lowest BCUT2D eigenvalue weighted by molar-refractivity contribution is 0.307. The van der Waals surface area contributed by atoms with E-state index in [0.29, 0.717) is 16.5 Å². The molecule has 17 heavy (non-hydrogen) atoms. The van der Waals surface area contributed by atoms with Gasteiger partial charge in [0.2, 0.25) is 0 Å². The maximum absolute atomic E-state index is 12.9. The molecule has 88 valence electrons. The number of nitrogen functional groups attached to an aromatic ring is 1. The number of hydrogen-bond donors (Lipinski definition) is 1. The van der Waals surface area contributed by atoms with Crippen LogP contribution < -0.4 is 10.5 Å². The average Bonchev–Trinajstić information content (AvgIpc) is 2.28. The van der Waals surface area contributed by atoms with Gasteiger partial charge in [-0.05, 0) is 29.8 Å². The Hall–Kier alpha value is -1.74. The van der Waals surface area contributed by atoms with Crippen molar-refractivity contribution in [2.24, 2.45) is 0 Å². The lowest BCUT2D eigenvalue weighted by Gasteiger charge is -2.10. The number of ether oxygens (including phenoxy) is 1. The van der Waals surface area contributed by atoms with E-state index in [1.54, 1.807) is 30.3 Å². The van der Waals surface area contributed by atoms with Gasteiger partial charge in [0, 0.05) is 0 Å². The number of nitrogens with two attached hydrogens (primary N) is 1. The second kappa shape index (κ2) is 5.06. The van der Waals surface area contributed by atoms with Crippen molar-refractivity contribution in [2.45, 2.75) is 6.61 Å². The summed E-state index contributed by atoms with van der Waals surface area (Å²) < 4.78 is 18.4. The largest absolute Gasteiger partial charge is 0.485 e. The molecule has 0 aliphatic heterocycles. The van der Waals surface area contributed by atoms with Crippen LogP contribution in [0.1, 0.15) is 5.56 Å². The molecule has 2 N–H and O–H groups in total. The van der Waals surface area contributed by atoms with E-state index in [4.69, 9.17) is 22.1 Å². The number of anilines is 1. The first-order valence-corrected chi connectivity index (χ1v) is 5.46. The highest BCUT2D eigenvalue weighted by Gasteiger charge is 2.06. The van der Waals surface area contributed by atoms with Crippen LogP contribution in [0.25, 0.3) is 0 Å². The molecule has 0 atom stereocenters. The molecule has 2 nitrogen and oxygen atoms in total. The van der Waals surface area contributed by atoms with E-state index < -0.39 is 0 Å². The molecule has 0 aromatic heterocycles. The van der Waals surface area contributed by atoms with Crippen LogP contribution in [-0.2, 0) is 6.61 Å². The summed E-state index contributed by atoms with van der Waals surface area (Å²) in [5.74, 6) is 0.136. The average molecular weight is 252 g/mol. The number of para-hydroxylation sites is 1. The zero-order valence-corrected chi connectivity index (χ0v) is 9.75. The smallest absolute Gasteiger partial charge is 0.161 e. The van der Waals surface area contributed by atoms with Gasteiger partial charge in [-0.25, -0.2) is 4.39 Å². The first-order valence-electron chi connectivity index (χ1n) is 5.08. The van der Waals surface area contributed by atoms with Crippen molar-refractivity contribution in [3.05, 3.63) is 58.9 Å².